The minimum absolute atomic E-state index is 0.129. The third kappa shape index (κ3) is 4.74. The van der Waals surface area contributed by atoms with Crippen molar-refractivity contribution >= 4 is 34.8 Å². The van der Waals surface area contributed by atoms with E-state index < -0.39 is 0 Å². The molecule has 1 amide bonds. The molecule has 10 heteroatoms. The number of benzene rings is 1. The van der Waals surface area contributed by atoms with Gasteiger partial charge in [-0.05, 0) is 46.8 Å². The highest BCUT2D eigenvalue weighted by molar-refractivity contribution is 7.99. The van der Waals surface area contributed by atoms with Crippen LogP contribution >= 0.6 is 23.1 Å². The molecule has 4 rings (SSSR count). The number of anilines is 1. The summed E-state index contributed by atoms with van der Waals surface area (Å²) in [6.07, 6.45) is 0. The third-order valence-corrected chi connectivity index (χ3v) is 6.92. The van der Waals surface area contributed by atoms with Crippen LogP contribution in [0.15, 0.2) is 53.0 Å². The largest absolute Gasteiger partial charge is 0.326 e. The molecule has 0 aliphatic carbocycles. The van der Waals surface area contributed by atoms with Gasteiger partial charge in [-0.15, -0.1) is 16.4 Å². The highest BCUT2D eigenvalue weighted by Gasteiger charge is 2.20. The monoisotopic (exact) mass is 463 g/mol. The van der Waals surface area contributed by atoms with Gasteiger partial charge in [-0.1, -0.05) is 48.2 Å². The smallest absolute Gasteiger partial charge is 0.235 e. The second-order valence-electron chi connectivity index (χ2n) is 7.15. The molecule has 1 aromatic carbocycles. The van der Waals surface area contributed by atoms with Crippen LogP contribution in [-0.2, 0) is 17.9 Å². The Morgan fingerprint density at radius 1 is 1.19 bits per heavy atom. The van der Waals surface area contributed by atoms with Gasteiger partial charge in [-0.2, -0.15) is 5.26 Å². The van der Waals surface area contributed by atoms with E-state index in [1.807, 2.05) is 66.3 Å². The van der Waals surface area contributed by atoms with Crippen LogP contribution < -0.4 is 5.32 Å². The molecule has 0 atom stereocenters. The number of nitrogens with zero attached hydrogens (tertiary/aromatic N) is 6. The minimum Gasteiger partial charge on any atom is -0.326 e. The van der Waals surface area contributed by atoms with Crippen molar-refractivity contribution in [1.82, 2.24) is 24.8 Å². The van der Waals surface area contributed by atoms with Crippen LogP contribution in [0.5, 0.6) is 0 Å². The molecule has 3 aromatic heterocycles. The molecule has 0 saturated carbocycles. The molecule has 0 bridgehead atoms. The van der Waals surface area contributed by atoms with Crippen molar-refractivity contribution < 1.29 is 4.79 Å². The van der Waals surface area contributed by atoms with E-state index in [-0.39, 0.29) is 11.7 Å². The van der Waals surface area contributed by atoms with Gasteiger partial charge in [0.25, 0.3) is 0 Å². The molecule has 0 aliphatic rings. The quantitative estimate of drug-likeness (QED) is 0.398. The van der Waals surface area contributed by atoms with Crippen molar-refractivity contribution in [2.75, 3.05) is 11.1 Å². The van der Waals surface area contributed by atoms with Crippen LogP contribution in [0.1, 0.15) is 27.3 Å². The molecule has 0 unspecified atom stereocenters. The van der Waals surface area contributed by atoms with Crippen molar-refractivity contribution in [3.8, 4) is 6.07 Å². The lowest BCUT2D eigenvalue weighted by Gasteiger charge is -2.13. The first-order chi connectivity index (χ1) is 15.6. The molecule has 0 saturated heterocycles. The molecule has 32 heavy (non-hydrogen) atoms. The number of rotatable bonds is 8. The van der Waals surface area contributed by atoms with Crippen LogP contribution in [-0.4, -0.2) is 36.4 Å². The average Bonchev–Trinajstić information content (AvgIpc) is 3.52. The summed E-state index contributed by atoms with van der Waals surface area (Å²) in [5.74, 6) is 0.434. The predicted molar refractivity (Wildman–Crippen MR) is 125 cm³/mol. The topological polar surface area (TPSA) is 101 Å². The van der Waals surface area contributed by atoms with Crippen molar-refractivity contribution in [3.63, 3.8) is 0 Å². The summed E-state index contributed by atoms with van der Waals surface area (Å²) in [6.45, 7) is 4.99. The minimum atomic E-state index is -0.219. The Hall–Kier alpha value is -3.42. The van der Waals surface area contributed by atoms with E-state index in [0.717, 1.165) is 21.7 Å². The van der Waals surface area contributed by atoms with Gasteiger partial charge in [0.1, 0.15) is 11.9 Å². The molecule has 8 nitrogen and oxygen atoms in total. The second kappa shape index (κ2) is 9.80. The molecule has 4 aromatic rings. The molecule has 0 aliphatic heterocycles. The third-order valence-electron chi connectivity index (χ3n) is 5.10. The highest BCUT2D eigenvalue weighted by Crippen LogP contribution is 2.28. The molecular weight excluding hydrogens is 442 g/mol. The molecule has 0 fully saturated rings. The summed E-state index contributed by atoms with van der Waals surface area (Å²) in [6, 6.07) is 16.2. The van der Waals surface area contributed by atoms with Gasteiger partial charge >= 0.3 is 0 Å². The zero-order valence-corrected chi connectivity index (χ0v) is 19.3. The molecule has 162 valence electrons. The van der Waals surface area contributed by atoms with E-state index in [4.69, 9.17) is 0 Å². The first-order valence-corrected chi connectivity index (χ1v) is 11.8. The number of hydrogen-bond donors (Lipinski definition) is 1. The van der Waals surface area contributed by atoms with Crippen LogP contribution in [0.4, 0.5) is 5.82 Å². The van der Waals surface area contributed by atoms with Gasteiger partial charge in [0.05, 0.1) is 17.9 Å². The van der Waals surface area contributed by atoms with Gasteiger partial charge in [-0.25, -0.2) is 4.68 Å². The maximum absolute atomic E-state index is 12.8. The fourth-order valence-corrected chi connectivity index (χ4v) is 4.70. The molecular formula is C22H21N7OS2. The molecule has 1 N–H and O–H groups in total. The lowest BCUT2D eigenvalue weighted by Crippen LogP contribution is -2.19. The normalized spacial score (nSPS) is 10.8. The lowest BCUT2D eigenvalue weighted by molar-refractivity contribution is -0.113. The lowest BCUT2D eigenvalue weighted by atomic mass is 10.2. The zero-order chi connectivity index (χ0) is 22.5. The number of amides is 1. The number of thioether (sulfide) groups is 1. The first-order valence-electron chi connectivity index (χ1n) is 9.91. The standard InChI is InChI=1S/C22H21N7OS2/c1-15-16(2)28(12-17-7-4-3-5-8-17)21(19(15)11-23)24-20(30)14-32-22-25-26-27-29(22)13-18-9-6-10-31-18/h3-10H,12-14H2,1-2H3,(H,24,30). The summed E-state index contributed by atoms with van der Waals surface area (Å²) < 4.78 is 3.66. The first kappa shape index (κ1) is 21.8. The molecule has 0 spiro atoms. The highest BCUT2D eigenvalue weighted by atomic mass is 32.2. The van der Waals surface area contributed by atoms with Crippen molar-refractivity contribution in [3.05, 3.63) is 75.1 Å². The Morgan fingerprint density at radius 3 is 2.72 bits per heavy atom. The number of hydrogen-bond acceptors (Lipinski definition) is 7. The molecule has 0 radical (unpaired) electrons. The van der Waals surface area contributed by atoms with E-state index in [0.29, 0.717) is 29.6 Å². The summed E-state index contributed by atoms with van der Waals surface area (Å²) in [4.78, 5) is 13.9. The summed E-state index contributed by atoms with van der Waals surface area (Å²) >= 11 is 2.89. The van der Waals surface area contributed by atoms with Gasteiger partial charge in [0, 0.05) is 17.1 Å². The van der Waals surface area contributed by atoms with Gasteiger partial charge < -0.3 is 9.88 Å². The van der Waals surface area contributed by atoms with Crippen LogP contribution in [0, 0.1) is 25.2 Å². The number of aromatic nitrogens is 5. The Kier molecular flexibility index (Phi) is 6.68. The SMILES string of the molecule is Cc1c(C#N)c(NC(=O)CSc2nnnn2Cc2cccs2)n(Cc2ccccc2)c1C. The Morgan fingerprint density at radius 2 is 2.00 bits per heavy atom. The Balaban J connectivity index is 1.48. The number of tetrazole rings is 1. The summed E-state index contributed by atoms with van der Waals surface area (Å²) in [5.41, 5.74) is 3.39. The number of nitrogens with one attached hydrogen (secondary N) is 1. The van der Waals surface area contributed by atoms with E-state index in [1.165, 1.54) is 11.8 Å². The number of carbonyl (C=O) groups excluding carboxylic acids is 1. The van der Waals surface area contributed by atoms with E-state index >= 15 is 0 Å². The summed E-state index contributed by atoms with van der Waals surface area (Å²) in [7, 11) is 0. The second-order valence-corrected chi connectivity index (χ2v) is 9.13. The average molecular weight is 464 g/mol. The van der Waals surface area contributed by atoms with Gasteiger partial charge in [0.2, 0.25) is 11.1 Å². The van der Waals surface area contributed by atoms with Crippen molar-refractivity contribution in [2.24, 2.45) is 0 Å². The van der Waals surface area contributed by atoms with Crippen molar-refractivity contribution in [2.45, 2.75) is 32.1 Å². The van der Waals surface area contributed by atoms with Crippen LogP contribution in [0.3, 0.4) is 0 Å². The van der Waals surface area contributed by atoms with Gasteiger partial charge in [-0.3, -0.25) is 4.79 Å². The fourth-order valence-electron chi connectivity index (χ4n) is 3.34. The Bertz CT molecular complexity index is 1250. The van der Waals surface area contributed by atoms with E-state index in [9.17, 15) is 10.1 Å². The van der Waals surface area contributed by atoms with Gasteiger partial charge in [0.15, 0.2) is 0 Å². The van der Waals surface area contributed by atoms with Crippen LogP contribution in [0.25, 0.3) is 0 Å². The maximum Gasteiger partial charge on any atom is 0.235 e. The molecule has 3 heterocycles. The van der Waals surface area contributed by atoms with Crippen molar-refractivity contribution in [1.29, 1.82) is 5.26 Å². The number of carbonyl (C=O) groups is 1. The number of thiophene rings is 1. The van der Waals surface area contributed by atoms with E-state index in [2.05, 4.69) is 26.9 Å². The van der Waals surface area contributed by atoms with Crippen LogP contribution in [0.2, 0.25) is 0 Å². The number of nitriles is 1. The zero-order valence-electron chi connectivity index (χ0n) is 17.6. The predicted octanol–water partition coefficient (Wildman–Crippen LogP) is 3.85. The Labute approximate surface area is 193 Å². The maximum atomic E-state index is 12.8. The fraction of sp³-hybridized carbons (Fsp3) is 0.227. The van der Waals surface area contributed by atoms with E-state index in [1.54, 1.807) is 16.0 Å². The summed E-state index contributed by atoms with van der Waals surface area (Å²) in [5, 5.41) is 27.0.